The monoisotopic (exact) mass is 517 g/mol. The van der Waals surface area contributed by atoms with Crippen molar-refractivity contribution in [2.45, 2.75) is 4.90 Å². The van der Waals surface area contributed by atoms with Crippen LogP contribution in [0.1, 0.15) is 10.4 Å². The molecule has 0 atom stereocenters. The van der Waals surface area contributed by atoms with Crippen LogP contribution in [0.4, 0.5) is 5.82 Å². The summed E-state index contributed by atoms with van der Waals surface area (Å²) in [6.07, 6.45) is 0.886. The molecule has 0 aliphatic rings. The van der Waals surface area contributed by atoms with Gasteiger partial charge in [-0.25, -0.2) is 21.5 Å². The van der Waals surface area contributed by atoms with E-state index in [1.165, 1.54) is 18.2 Å². The quantitative estimate of drug-likeness (QED) is 0.252. The molecule has 0 aliphatic carbocycles. The number of carbonyl (C=O) groups excluding carboxylic acids is 1. The minimum absolute atomic E-state index is 0. The third kappa shape index (κ3) is 7.02. The number of nitrogens with one attached hydrogen (secondary N) is 1. The number of hydrogen-bond donors (Lipinski definition) is 1. The Morgan fingerprint density at radius 2 is 1.61 bits per heavy atom. The van der Waals surface area contributed by atoms with Gasteiger partial charge in [-0.15, -0.1) is 0 Å². The maximum absolute atomic E-state index is 11.8. The second-order valence-electron chi connectivity index (χ2n) is 6.26. The molecule has 2 aromatic carbocycles. The number of carboxylic acids is 1. The molecular weight excluding hydrogens is 507 g/mol. The van der Waals surface area contributed by atoms with Gasteiger partial charge in [-0.1, -0.05) is 35.3 Å². The first kappa shape index (κ1) is 29.6. The van der Waals surface area contributed by atoms with Gasteiger partial charge in [-0.3, -0.25) is 4.72 Å². The molecule has 3 rings (SSSR count). The van der Waals surface area contributed by atoms with Crippen LogP contribution in [0, 0.1) is 0 Å². The summed E-state index contributed by atoms with van der Waals surface area (Å²) < 4.78 is 60.8. The maximum atomic E-state index is 11.8. The van der Waals surface area contributed by atoms with Gasteiger partial charge in [0.25, 0.3) is 0 Å². The summed E-state index contributed by atoms with van der Waals surface area (Å²) in [5.74, 6) is -1.65. The van der Waals surface area contributed by atoms with Crippen molar-refractivity contribution < 1.29 is 69.0 Å². The van der Waals surface area contributed by atoms with Crippen molar-refractivity contribution in [2.24, 2.45) is 0 Å². The molecule has 0 saturated carbocycles. The molecule has 10 nitrogen and oxygen atoms in total. The number of nitrogens with zero attached hydrogens (tertiary/aromatic N) is 2. The molecule has 0 saturated heterocycles. The van der Waals surface area contributed by atoms with E-state index < -0.39 is 31.0 Å². The summed E-state index contributed by atoms with van der Waals surface area (Å²) in [7, 11) is -8.55. The Hall–Kier alpha value is -1.45. The van der Waals surface area contributed by atoms with E-state index in [9.17, 15) is 31.3 Å². The smallest absolute Gasteiger partial charge is 0.744 e. The minimum Gasteiger partial charge on any atom is -0.744 e. The van der Waals surface area contributed by atoms with Gasteiger partial charge in [-0.05, 0) is 24.3 Å². The van der Waals surface area contributed by atoms with E-state index in [1.807, 2.05) is 0 Å². The standard InChI is InChI=1S/C17H13Cl2N3O7S2.2Li/c1-30(25,26)21-15-8-14(9-3-2-4-11(5-9)31(27,28)29)20-22(15)16-12(18)6-10(17(23)24)7-13(16)19;;/h2-8,21H,1H3,(H,23,24)(H,27,28,29);;/q;2*+1/p-2. The fraction of sp³-hybridized carbons (Fsp3) is 0.0588. The minimum atomic E-state index is -4.74. The van der Waals surface area contributed by atoms with Crippen molar-refractivity contribution in [3.05, 3.63) is 58.1 Å². The Bertz CT molecular complexity index is 1410. The summed E-state index contributed by atoms with van der Waals surface area (Å²) in [4.78, 5) is 10.6. The third-order valence-corrected chi connectivity index (χ3v) is 5.87. The SMILES string of the molecule is CS(=O)(=O)Nc1cc(-c2cccc(S(=O)(=O)[O-])c2)nn1-c1c(Cl)cc(C(=O)[O-])cc1Cl.[Li+].[Li+]. The second kappa shape index (κ2) is 10.9. The van der Waals surface area contributed by atoms with E-state index in [0.717, 1.165) is 35.2 Å². The number of halogens is 2. The molecular formula is C17H11Cl2Li2N3O7S2. The molecule has 1 aromatic heterocycles. The molecule has 0 fully saturated rings. The van der Waals surface area contributed by atoms with Crippen molar-refractivity contribution in [3.63, 3.8) is 0 Å². The van der Waals surface area contributed by atoms with Gasteiger partial charge in [0.05, 0.1) is 32.9 Å². The second-order valence-corrected chi connectivity index (χ2v) is 10.2. The average molecular weight is 518 g/mol. The van der Waals surface area contributed by atoms with Crippen LogP contribution in [0.2, 0.25) is 10.0 Å². The van der Waals surface area contributed by atoms with E-state index in [4.69, 9.17) is 23.2 Å². The first-order chi connectivity index (χ1) is 14.3. The van der Waals surface area contributed by atoms with Gasteiger partial charge in [0, 0.05) is 17.2 Å². The Labute approximate surface area is 223 Å². The van der Waals surface area contributed by atoms with Gasteiger partial charge < -0.3 is 14.5 Å². The fourth-order valence-corrected chi connectivity index (χ4v) is 4.34. The fourth-order valence-electron chi connectivity index (χ4n) is 2.65. The normalized spacial score (nSPS) is 11.3. The number of aromatic carboxylic acids is 1. The van der Waals surface area contributed by atoms with Crippen LogP contribution in [-0.2, 0) is 20.1 Å². The molecule has 0 radical (unpaired) electrons. The van der Waals surface area contributed by atoms with Crippen LogP contribution in [0.3, 0.4) is 0 Å². The van der Waals surface area contributed by atoms with Crippen LogP contribution < -0.4 is 47.5 Å². The number of sulfonamides is 1. The Balaban J connectivity index is 0.00000272. The molecule has 1 N–H and O–H groups in total. The predicted molar refractivity (Wildman–Crippen MR) is 110 cm³/mol. The summed E-state index contributed by atoms with van der Waals surface area (Å²) in [6, 6.07) is 8.30. The van der Waals surface area contributed by atoms with E-state index in [0.29, 0.717) is 0 Å². The Kier molecular flexibility index (Phi) is 9.74. The molecule has 16 heteroatoms. The zero-order valence-electron chi connectivity index (χ0n) is 17.4. The van der Waals surface area contributed by atoms with E-state index in [1.54, 1.807) is 0 Å². The van der Waals surface area contributed by atoms with Crippen LogP contribution >= 0.6 is 23.2 Å². The summed E-state index contributed by atoms with van der Waals surface area (Å²) >= 11 is 12.3. The zero-order chi connectivity index (χ0) is 23.1. The van der Waals surface area contributed by atoms with E-state index >= 15 is 0 Å². The molecule has 0 spiro atoms. The first-order valence-corrected chi connectivity index (χ1v) is 12.2. The average Bonchev–Trinajstić information content (AvgIpc) is 3.02. The number of benzene rings is 2. The number of rotatable bonds is 6. The van der Waals surface area contributed by atoms with Gasteiger partial charge >= 0.3 is 37.7 Å². The van der Waals surface area contributed by atoms with Crippen LogP contribution in [0.5, 0.6) is 0 Å². The van der Waals surface area contributed by atoms with Crippen molar-refractivity contribution in [1.29, 1.82) is 0 Å². The third-order valence-electron chi connectivity index (χ3n) is 3.88. The number of carbonyl (C=O) groups is 1. The molecule has 0 aliphatic heterocycles. The van der Waals surface area contributed by atoms with Gasteiger partial charge in [0.2, 0.25) is 10.0 Å². The molecule has 0 amide bonds. The first-order valence-electron chi connectivity index (χ1n) is 8.11. The summed E-state index contributed by atoms with van der Waals surface area (Å²) in [5.41, 5.74) is -0.0889. The van der Waals surface area contributed by atoms with Crippen molar-refractivity contribution in [1.82, 2.24) is 9.78 Å². The number of anilines is 1. The van der Waals surface area contributed by atoms with Gasteiger partial charge in [0.15, 0.2) is 0 Å². The molecule has 3 aromatic rings. The number of carboxylic acid groups (broad SMARTS) is 1. The molecule has 0 unspecified atom stereocenters. The topological polar surface area (TPSA) is 161 Å². The number of hydrogen-bond acceptors (Lipinski definition) is 8. The number of aromatic nitrogens is 2. The van der Waals surface area contributed by atoms with Crippen LogP contribution in [-0.4, -0.2) is 43.4 Å². The van der Waals surface area contributed by atoms with Crippen molar-refractivity contribution >= 4 is 55.1 Å². The predicted octanol–water partition coefficient (Wildman–Crippen LogP) is -4.51. The van der Waals surface area contributed by atoms with Gasteiger partial charge in [-0.2, -0.15) is 5.10 Å². The van der Waals surface area contributed by atoms with Gasteiger partial charge in [0.1, 0.15) is 21.6 Å². The zero-order valence-corrected chi connectivity index (χ0v) is 20.5. The van der Waals surface area contributed by atoms with E-state index in [2.05, 4.69) is 9.82 Å². The molecule has 0 bridgehead atoms. The summed E-state index contributed by atoms with van der Waals surface area (Å²) in [5, 5.41) is 15.0. The van der Waals surface area contributed by atoms with Crippen molar-refractivity contribution in [2.75, 3.05) is 11.0 Å². The van der Waals surface area contributed by atoms with E-state index in [-0.39, 0.29) is 76.1 Å². The maximum Gasteiger partial charge on any atom is 1.00 e. The molecule has 1 heterocycles. The molecule has 33 heavy (non-hydrogen) atoms. The Morgan fingerprint density at radius 3 is 2.09 bits per heavy atom. The molecule has 164 valence electrons. The largest absolute Gasteiger partial charge is 1.00 e. The van der Waals surface area contributed by atoms with Crippen LogP contribution in [0.25, 0.3) is 16.9 Å². The summed E-state index contributed by atoms with van der Waals surface area (Å²) in [6.45, 7) is 0. The Morgan fingerprint density at radius 1 is 1.03 bits per heavy atom. The van der Waals surface area contributed by atoms with Crippen LogP contribution in [0.15, 0.2) is 47.4 Å². The van der Waals surface area contributed by atoms with Crippen molar-refractivity contribution in [3.8, 4) is 16.9 Å².